The Kier molecular flexibility index (Phi) is 3.67. The summed E-state index contributed by atoms with van der Waals surface area (Å²) in [6.07, 6.45) is 0. The number of halogens is 2. The van der Waals surface area contributed by atoms with Gasteiger partial charge in [-0.15, -0.1) is 0 Å². The minimum atomic E-state index is -0.757. The summed E-state index contributed by atoms with van der Waals surface area (Å²) in [5.41, 5.74) is 0. The molecule has 0 spiro atoms. The highest BCUT2D eigenvalue weighted by Gasteiger charge is 2.10. The van der Waals surface area contributed by atoms with Crippen molar-refractivity contribution in [3.63, 3.8) is 0 Å². The van der Waals surface area contributed by atoms with E-state index in [1.165, 1.54) is 0 Å². The first-order chi connectivity index (χ1) is 6.24. The standard InChI is InChI=1S/C7H6Cl2N2O2/c8-10-7(12)11(9)13-6-4-2-1-3-5-6/h1-5H,(H,10,12). The van der Waals surface area contributed by atoms with Crippen LogP contribution in [0.4, 0.5) is 4.79 Å². The number of urea groups is 1. The summed E-state index contributed by atoms with van der Waals surface area (Å²) in [5.74, 6) is 0.442. The SMILES string of the molecule is O=C(NCl)N(Cl)Oc1ccccc1. The van der Waals surface area contributed by atoms with E-state index in [9.17, 15) is 4.79 Å². The lowest BCUT2D eigenvalue weighted by atomic mass is 10.3. The summed E-state index contributed by atoms with van der Waals surface area (Å²) >= 11 is 10.4. The summed E-state index contributed by atoms with van der Waals surface area (Å²) in [7, 11) is 0. The quantitative estimate of drug-likeness (QED) is 0.614. The molecule has 0 bridgehead atoms. The number of para-hydroxylation sites is 1. The minimum absolute atomic E-state index is 0.442. The van der Waals surface area contributed by atoms with Crippen LogP contribution in [-0.2, 0) is 0 Å². The molecule has 0 heterocycles. The molecule has 0 unspecified atom stereocenters. The van der Waals surface area contributed by atoms with Crippen molar-refractivity contribution in [2.24, 2.45) is 0 Å². The maximum Gasteiger partial charge on any atom is 0.380 e. The molecule has 0 aliphatic carbocycles. The second-order valence-corrected chi connectivity index (χ2v) is 2.54. The van der Waals surface area contributed by atoms with Crippen LogP contribution >= 0.6 is 23.6 Å². The van der Waals surface area contributed by atoms with Gasteiger partial charge in [-0.2, -0.15) is 0 Å². The van der Waals surface area contributed by atoms with E-state index in [1.54, 1.807) is 29.1 Å². The zero-order valence-corrected chi connectivity index (χ0v) is 7.92. The number of hydrogen-bond acceptors (Lipinski definition) is 2. The third-order valence-electron chi connectivity index (χ3n) is 1.17. The number of nitrogens with zero attached hydrogens (tertiary/aromatic N) is 1. The summed E-state index contributed by atoms with van der Waals surface area (Å²) < 4.78 is 0.475. The van der Waals surface area contributed by atoms with Gasteiger partial charge < -0.3 is 4.84 Å². The summed E-state index contributed by atoms with van der Waals surface area (Å²) in [6.45, 7) is 0. The van der Waals surface area contributed by atoms with E-state index < -0.39 is 6.03 Å². The first kappa shape index (κ1) is 9.95. The monoisotopic (exact) mass is 220 g/mol. The highest BCUT2D eigenvalue weighted by molar-refractivity contribution is 6.27. The molecule has 0 atom stereocenters. The van der Waals surface area contributed by atoms with E-state index in [2.05, 4.69) is 0 Å². The van der Waals surface area contributed by atoms with Gasteiger partial charge in [-0.1, -0.05) is 22.8 Å². The molecule has 0 fully saturated rings. The molecule has 0 saturated heterocycles. The lowest BCUT2D eigenvalue weighted by Crippen LogP contribution is -2.30. The van der Waals surface area contributed by atoms with Gasteiger partial charge in [0.25, 0.3) is 0 Å². The molecule has 2 amide bonds. The highest BCUT2D eigenvalue weighted by Crippen LogP contribution is 2.11. The molecular formula is C7H6Cl2N2O2. The summed E-state index contributed by atoms with van der Waals surface area (Å²) in [5, 5.41) is 0. The van der Waals surface area contributed by atoms with Crippen LogP contribution in [0.25, 0.3) is 0 Å². The molecule has 0 radical (unpaired) electrons. The maximum absolute atomic E-state index is 10.7. The molecule has 13 heavy (non-hydrogen) atoms. The van der Waals surface area contributed by atoms with Gasteiger partial charge >= 0.3 is 6.03 Å². The smallest absolute Gasteiger partial charge is 0.359 e. The topological polar surface area (TPSA) is 41.6 Å². The fourth-order valence-corrected chi connectivity index (χ4v) is 0.891. The van der Waals surface area contributed by atoms with Gasteiger partial charge in [0, 0.05) is 11.8 Å². The number of hydrogen-bond donors (Lipinski definition) is 1. The zero-order chi connectivity index (χ0) is 9.68. The predicted octanol–water partition coefficient (Wildman–Crippen LogP) is 2.30. The number of hydroxylamine groups is 1. The van der Waals surface area contributed by atoms with Gasteiger partial charge in [-0.25, -0.2) is 9.63 Å². The molecule has 70 valence electrons. The zero-order valence-electron chi connectivity index (χ0n) is 6.41. The Morgan fingerprint density at radius 1 is 1.38 bits per heavy atom. The van der Waals surface area contributed by atoms with Crippen molar-refractivity contribution in [2.45, 2.75) is 0 Å². The van der Waals surface area contributed by atoms with E-state index >= 15 is 0 Å². The second kappa shape index (κ2) is 4.79. The third kappa shape index (κ3) is 3.01. The summed E-state index contributed by atoms with van der Waals surface area (Å²) in [6, 6.07) is 7.85. The lowest BCUT2D eigenvalue weighted by molar-refractivity contribution is 0.0750. The number of benzene rings is 1. The van der Waals surface area contributed by atoms with Gasteiger partial charge in [-0.05, 0) is 12.1 Å². The van der Waals surface area contributed by atoms with E-state index in [1.807, 2.05) is 6.07 Å². The fourth-order valence-electron chi connectivity index (χ4n) is 0.649. The van der Waals surface area contributed by atoms with E-state index in [0.29, 0.717) is 10.3 Å². The van der Waals surface area contributed by atoms with Crippen molar-refractivity contribution in [1.29, 1.82) is 0 Å². The van der Waals surface area contributed by atoms with Crippen LogP contribution in [0.5, 0.6) is 5.75 Å². The van der Waals surface area contributed by atoms with Gasteiger partial charge in [0.2, 0.25) is 0 Å². The number of carbonyl (C=O) groups is 1. The Bertz CT molecular complexity index is 281. The average Bonchev–Trinajstić information content (AvgIpc) is 2.18. The largest absolute Gasteiger partial charge is 0.380 e. The molecule has 4 nitrogen and oxygen atoms in total. The number of rotatable bonds is 2. The van der Waals surface area contributed by atoms with Crippen LogP contribution in [0, 0.1) is 0 Å². The van der Waals surface area contributed by atoms with Gasteiger partial charge in [0.1, 0.15) is 0 Å². The normalized spacial score (nSPS) is 9.08. The van der Waals surface area contributed by atoms with Crippen LogP contribution in [0.15, 0.2) is 30.3 Å². The van der Waals surface area contributed by atoms with E-state index in [4.69, 9.17) is 28.4 Å². The molecule has 6 heteroatoms. The Labute approximate surface area is 85.2 Å². The summed E-state index contributed by atoms with van der Waals surface area (Å²) in [4.78, 5) is 17.4. The molecule has 1 aromatic rings. The van der Waals surface area contributed by atoms with Crippen LogP contribution in [0.3, 0.4) is 0 Å². The van der Waals surface area contributed by atoms with Crippen molar-refractivity contribution in [3.8, 4) is 5.75 Å². The van der Waals surface area contributed by atoms with Crippen LogP contribution < -0.4 is 9.67 Å². The number of amides is 2. The first-order valence-corrected chi connectivity index (χ1v) is 4.05. The van der Waals surface area contributed by atoms with Crippen LogP contribution in [0.1, 0.15) is 0 Å². The number of carbonyl (C=O) groups excluding carboxylic acids is 1. The molecule has 0 aliphatic heterocycles. The first-order valence-electron chi connectivity index (χ1n) is 3.33. The Balaban J connectivity index is 2.55. The molecule has 1 rings (SSSR count). The highest BCUT2D eigenvalue weighted by atomic mass is 35.5. The molecule has 0 aromatic heterocycles. The fraction of sp³-hybridized carbons (Fsp3) is 0. The molecular weight excluding hydrogens is 215 g/mol. The molecule has 1 aromatic carbocycles. The van der Waals surface area contributed by atoms with Crippen molar-refractivity contribution in [1.82, 2.24) is 9.42 Å². The maximum atomic E-state index is 10.7. The van der Waals surface area contributed by atoms with Crippen molar-refractivity contribution in [3.05, 3.63) is 30.3 Å². The lowest BCUT2D eigenvalue weighted by Gasteiger charge is -2.11. The molecule has 0 saturated carbocycles. The van der Waals surface area contributed by atoms with Crippen LogP contribution in [0.2, 0.25) is 0 Å². The molecule has 0 aliphatic rings. The van der Waals surface area contributed by atoms with Gasteiger partial charge in [0.15, 0.2) is 5.75 Å². The van der Waals surface area contributed by atoms with Gasteiger partial charge in [0.05, 0.1) is 11.8 Å². The Hall–Kier alpha value is -1.13. The van der Waals surface area contributed by atoms with E-state index in [0.717, 1.165) is 0 Å². The van der Waals surface area contributed by atoms with Crippen LogP contribution in [-0.4, -0.2) is 10.6 Å². The average molecular weight is 221 g/mol. The van der Waals surface area contributed by atoms with Crippen molar-refractivity contribution in [2.75, 3.05) is 0 Å². The molecule has 1 N–H and O–H groups in total. The Morgan fingerprint density at radius 3 is 2.54 bits per heavy atom. The van der Waals surface area contributed by atoms with Crippen molar-refractivity contribution < 1.29 is 9.63 Å². The van der Waals surface area contributed by atoms with Gasteiger partial charge in [-0.3, -0.25) is 0 Å². The van der Waals surface area contributed by atoms with Crippen molar-refractivity contribution >= 4 is 29.6 Å². The minimum Gasteiger partial charge on any atom is -0.359 e. The Morgan fingerprint density at radius 2 is 2.00 bits per heavy atom. The van der Waals surface area contributed by atoms with E-state index in [-0.39, 0.29) is 0 Å². The second-order valence-electron chi connectivity index (χ2n) is 2.05. The predicted molar refractivity (Wildman–Crippen MR) is 49.1 cm³/mol. The number of nitrogens with one attached hydrogen (secondary N) is 1. The third-order valence-corrected chi connectivity index (χ3v) is 1.55.